The molecular weight excluding hydrogens is 368 g/mol. The zero-order chi connectivity index (χ0) is 20.3. The molecular formula is C23H30N2O2S. The van der Waals surface area contributed by atoms with Crippen LogP contribution < -0.4 is 5.32 Å². The van der Waals surface area contributed by atoms with E-state index >= 15 is 0 Å². The largest absolute Gasteiger partial charge is 0.355 e. The summed E-state index contributed by atoms with van der Waals surface area (Å²) in [6.45, 7) is 9.81. The van der Waals surface area contributed by atoms with Crippen LogP contribution >= 0.6 is 11.3 Å². The second-order valence-electron chi connectivity index (χ2n) is 8.35. The van der Waals surface area contributed by atoms with Crippen LogP contribution in [0.2, 0.25) is 0 Å². The first-order valence-corrected chi connectivity index (χ1v) is 11.0. The molecule has 1 aromatic carbocycles. The molecule has 2 atom stereocenters. The molecule has 0 unspecified atom stereocenters. The molecule has 0 fully saturated rings. The molecule has 1 aliphatic heterocycles. The molecule has 2 amide bonds. The monoisotopic (exact) mass is 398 g/mol. The summed E-state index contributed by atoms with van der Waals surface area (Å²) in [4.78, 5) is 29.6. The number of fused-ring (bicyclic) bond motifs is 1. The number of nitrogens with zero attached hydrogens (tertiary/aromatic N) is 1. The van der Waals surface area contributed by atoms with Gasteiger partial charge in [-0.05, 0) is 41.3 Å². The molecule has 1 aliphatic rings. The van der Waals surface area contributed by atoms with E-state index in [2.05, 4.69) is 33.0 Å². The predicted octanol–water partition coefficient (Wildman–Crippen LogP) is 4.85. The van der Waals surface area contributed by atoms with Gasteiger partial charge in [-0.1, -0.05) is 52.0 Å². The van der Waals surface area contributed by atoms with Gasteiger partial charge >= 0.3 is 0 Å². The fourth-order valence-corrected chi connectivity index (χ4v) is 4.71. The van der Waals surface area contributed by atoms with Crippen LogP contribution in [-0.2, 0) is 4.79 Å². The molecule has 28 heavy (non-hydrogen) atoms. The Morgan fingerprint density at radius 3 is 2.50 bits per heavy atom. The molecule has 0 bridgehead atoms. The van der Waals surface area contributed by atoms with Gasteiger partial charge in [-0.2, -0.15) is 0 Å². The molecule has 0 spiro atoms. The summed E-state index contributed by atoms with van der Waals surface area (Å²) >= 11 is 1.61. The van der Waals surface area contributed by atoms with E-state index in [1.165, 1.54) is 0 Å². The molecule has 1 aromatic heterocycles. The zero-order valence-electron chi connectivity index (χ0n) is 17.1. The SMILES string of the molecule is CC(C)CCNC(=O)[C@H]1c2ccccc2C(=O)N(CC(C)C)[C@H]1c1cccs1. The normalized spacial score (nSPS) is 19.2. The average molecular weight is 399 g/mol. The molecule has 0 radical (unpaired) electrons. The molecule has 3 rings (SSSR count). The van der Waals surface area contributed by atoms with Gasteiger partial charge < -0.3 is 10.2 Å². The number of amides is 2. The number of rotatable bonds is 7. The summed E-state index contributed by atoms with van der Waals surface area (Å²) in [7, 11) is 0. The van der Waals surface area contributed by atoms with Crippen LogP contribution in [-0.4, -0.2) is 29.8 Å². The quantitative estimate of drug-likeness (QED) is 0.725. The van der Waals surface area contributed by atoms with Gasteiger partial charge in [-0.3, -0.25) is 9.59 Å². The van der Waals surface area contributed by atoms with Crippen LogP contribution in [0.15, 0.2) is 41.8 Å². The second-order valence-corrected chi connectivity index (χ2v) is 9.33. The topological polar surface area (TPSA) is 49.4 Å². The van der Waals surface area contributed by atoms with E-state index in [-0.39, 0.29) is 17.9 Å². The van der Waals surface area contributed by atoms with Crippen molar-refractivity contribution in [2.24, 2.45) is 11.8 Å². The molecule has 2 heterocycles. The van der Waals surface area contributed by atoms with E-state index in [4.69, 9.17) is 0 Å². The first-order chi connectivity index (χ1) is 13.4. The van der Waals surface area contributed by atoms with Gasteiger partial charge in [-0.25, -0.2) is 0 Å². The fourth-order valence-electron chi connectivity index (χ4n) is 3.84. The smallest absolute Gasteiger partial charge is 0.254 e. The van der Waals surface area contributed by atoms with Gasteiger partial charge in [0.15, 0.2) is 0 Å². The standard InChI is InChI=1S/C23H30N2O2S/c1-15(2)11-12-24-22(26)20-17-8-5-6-9-18(17)23(27)25(14-16(3)4)21(20)19-10-7-13-28-19/h5-10,13,15-16,20-21H,11-12,14H2,1-4H3,(H,24,26)/t20-,21-/m0/s1. The van der Waals surface area contributed by atoms with Crippen molar-refractivity contribution in [1.29, 1.82) is 0 Å². The summed E-state index contributed by atoms with van der Waals surface area (Å²) in [5.74, 6) is 0.493. The van der Waals surface area contributed by atoms with Crippen molar-refractivity contribution >= 4 is 23.2 Å². The van der Waals surface area contributed by atoms with Gasteiger partial charge in [0.05, 0.1) is 12.0 Å². The van der Waals surface area contributed by atoms with Crippen molar-refractivity contribution in [1.82, 2.24) is 10.2 Å². The Morgan fingerprint density at radius 2 is 1.86 bits per heavy atom. The van der Waals surface area contributed by atoms with Crippen LogP contribution in [0.1, 0.15) is 66.9 Å². The Kier molecular flexibility index (Phi) is 6.55. The van der Waals surface area contributed by atoms with E-state index in [0.29, 0.717) is 30.5 Å². The average Bonchev–Trinajstić information content (AvgIpc) is 3.17. The minimum absolute atomic E-state index is 0.00718. The summed E-state index contributed by atoms with van der Waals surface area (Å²) < 4.78 is 0. The first kappa shape index (κ1) is 20.6. The van der Waals surface area contributed by atoms with Crippen molar-refractivity contribution in [3.63, 3.8) is 0 Å². The van der Waals surface area contributed by atoms with Gasteiger partial charge in [0, 0.05) is 23.5 Å². The first-order valence-electron chi connectivity index (χ1n) is 10.1. The summed E-state index contributed by atoms with van der Waals surface area (Å²) in [5, 5.41) is 5.15. The lowest BCUT2D eigenvalue weighted by Crippen LogP contribution is -2.48. The van der Waals surface area contributed by atoms with E-state index in [9.17, 15) is 9.59 Å². The van der Waals surface area contributed by atoms with E-state index in [0.717, 1.165) is 16.9 Å². The Labute approximate surface area is 172 Å². The second kappa shape index (κ2) is 8.91. The lowest BCUT2D eigenvalue weighted by atomic mass is 9.81. The highest BCUT2D eigenvalue weighted by Crippen LogP contribution is 2.44. The van der Waals surface area contributed by atoms with Gasteiger partial charge in [0.2, 0.25) is 5.91 Å². The van der Waals surface area contributed by atoms with Crippen LogP contribution in [0.3, 0.4) is 0 Å². The molecule has 1 N–H and O–H groups in total. The molecule has 0 saturated carbocycles. The molecule has 5 heteroatoms. The lowest BCUT2D eigenvalue weighted by molar-refractivity contribution is -0.124. The van der Waals surface area contributed by atoms with Crippen LogP contribution in [0, 0.1) is 11.8 Å². The molecule has 4 nitrogen and oxygen atoms in total. The van der Waals surface area contributed by atoms with Crippen molar-refractivity contribution in [3.8, 4) is 0 Å². The fraction of sp³-hybridized carbons (Fsp3) is 0.478. The Hall–Kier alpha value is -2.14. The number of hydrogen-bond acceptors (Lipinski definition) is 3. The number of thiophene rings is 1. The maximum Gasteiger partial charge on any atom is 0.254 e. The maximum absolute atomic E-state index is 13.3. The van der Waals surface area contributed by atoms with E-state index < -0.39 is 5.92 Å². The number of benzene rings is 1. The molecule has 0 aliphatic carbocycles. The van der Waals surface area contributed by atoms with Crippen molar-refractivity contribution in [2.75, 3.05) is 13.1 Å². The highest BCUT2D eigenvalue weighted by atomic mass is 32.1. The Bertz CT molecular complexity index is 814. The lowest BCUT2D eigenvalue weighted by Gasteiger charge is -2.42. The Morgan fingerprint density at radius 1 is 1.11 bits per heavy atom. The van der Waals surface area contributed by atoms with E-state index in [1.807, 2.05) is 46.7 Å². The van der Waals surface area contributed by atoms with Crippen molar-refractivity contribution in [2.45, 2.75) is 46.1 Å². The highest BCUT2D eigenvalue weighted by Gasteiger charge is 2.44. The molecule has 150 valence electrons. The summed E-state index contributed by atoms with van der Waals surface area (Å²) in [5.41, 5.74) is 1.49. The van der Waals surface area contributed by atoms with Crippen molar-refractivity contribution in [3.05, 3.63) is 57.8 Å². The van der Waals surface area contributed by atoms with Crippen molar-refractivity contribution < 1.29 is 9.59 Å². The third kappa shape index (κ3) is 4.30. The minimum atomic E-state index is -0.390. The molecule has 0 saturated heterocycles. The van der Waals surface area contributed by atoms with Gasteiger partial charge in [-0.15, -0.1) is 11.3 Å². The van der Waals surface area contributed by atoms with Crippen LogP contribution in [0.4, 0.5) is 0 Å². The number of carbonyl (C=O) groups excluding carboxylic acids is 2. The molecule has 2 aromatic rings. The van der Waals surface area contributed by atoms with Gasteiger partial charge in [0.1, 0.15) is 0 Å². The Balaban J connectivity index is 2.04. The summed E-state index contributed by atoms with van der Waals surface area (Å²) in [6, 6.07) is 11.4. The third-order valence-electron chi connectivity index (χ3n) is 5.14. The predicted molar refractivity (Wildman–Crippen MR) is 115 cm³/mol. The van der Waals surface area contributed by atoms with Gasteiger partial charge in [0.25, 0.3) is 5.91 Å². The number of nitrogens with one attached hydrogen (secondary N) is 1. The number of hydrogen-bond donors (Lipinski definition) is 1. The zero-order valence-corrected chi connectivity index (χ0v) is 18.0. The number of carbonyl (C=O) groups is 2. The maximum atomic E-state index is 13.3. The summed E-state index contributed by atoms with van der Waals surface area (Å²) in [6.07, 6.45) is 0.943. The minimum Gasteiger partial charge on any atom is -0.355 e. The third-order valence-corrected chi connectivity index (χ3v) is 6.08. The van der Waals surface area contributed by atoms with Crippen LogP contribution in [0.25, 0.3) is 0 Å². The van der Waals surface area contributed by atoms with E-state index in [1.54, 1.807) is 11.3 Å². The highest BCUT2D eigenvalue weighted by molar-refractivity contribution is 7.10. The van der Waals surface area contributed by atoms with Crippen LogP contribution in [0.5, 0.6) is 0 Å².